The number of methoxy groups -OCH3 is 2. The second kappa shape index (κ2) is 12.3. The molecule has 1 N–H and O–H groups in total. The van der Waals surface area contributed by atoms with E-state index in [9.17, 15) is 10.1 Å². The van der Waals surface area contributed by atoms with Gasteiger partial charge >= 0.3 is 0 Å². The Morgan fingerprint density at radius 3 is 2.54 bits per heavy atom. The minimum Gasteiger partial charge on any atom is -0.497 e. The number of benzene rings is 2. The lowest BCUT2D eigenvalue weighted by atomic mass is 9.98. The van der Waals surface area contributed by atoms with Crippen LogP contribution in [-0.4, -0.2) is 35.8 Å². The maximum absolute atomic E-state index is 12.5. The van der Waals surface area contributed by atoms with E-state index in [0.29, 0.717) is 55.5 Å². The smallest absolute Gasteiger partial charge is 0.226 e. The molecule has 7 nitrogen and oxygen atoms in total. The molecule has 9 heteroatoms. The van der Waals surface area contributed by atoms with E-state index in [1.165, 1.54) is 18.0 Å². The van der Waals surface area contributed by atoms with Crippen molar-refractivity contribution in [2.45, 2.75) is 11.4 Å². The summed E-state index contributed by atoms with van der Waals surface area (Å²) in [6.07, 6.45) is 1.67. The van der Waals surface area contributed by atoms with Crippen LogP contribution in [0.25, 0.3) is 22.4 Å². The lowest BCUT2D eigenvalue weighted by Crippen LogP contribution is -2.13. The molecule has 0 saturated heterocycles. The Hall–Kier alpha value is -4.06. The standard InChI is InChI=1S/C28H23ClN4O3S/c1-35-20-9-10-25(36-2)22(14-20)21-15-24(18-6-4-3-5-7-18)32-28(23(21)16-30)37-13-12-27(34)33-26-11-8-19(29)17-31-26/h3-11,14-15,17H,12-13H2,1-2H3,(H,31,33,34). The van der Waals surface area contributed by atoms with Crippen LogP contribution in [0.2, 0.25) is 5.02 Å². The number of amides is 1. The first-order valence-electron chi connectivity index (χ1n) is 11.3. The maximum atomic E-state index is 12.5. The molecular formula is C28H23ClN4O3S. The third-order valence-corrected chi connectivity index (χ3v) is 6.63. The zero-order chi connectivity index (χ0) is 26.2. The molecule has 0 atom stereocenters. The van der Waals surface area contributed by atoms with Gasteiger partial charge < -0.3 is 14.8 Å². The van der Waals surface area contributed by atoms with Crippen LogP contribution in [0.5, 0.6) is 11.5 Å². The number of carbonyl (C=O) groups excluding carboxylic acids is 1. The number of aromatic nitrogens is 2. The van der Waals surface area contributed by atoms with E-state index in [-0.39, 0.29) is 12.3 Å². The van der Waals surface area contributed by atoms with Crippen molar-refractivity contribution in [1.82, 2.24) is 9.97 Å². The van der Waals surface area contributed by atoms with E-state index in [1.807, 2.05) is 42.5 Å². The van der Waals surface area contributed by atoms with E-state index in [1.54, 1.807) is 38.5 Å². The Kier molecular flexibility index (Phi) is 8.62. The molecule has 2 aromatic carbocycles. The molecule has 0 radical (unpaired) electrons. The molecule has 186 valence electrons. The molecule has 4 aromatic rings. The summed E-state index contributed by atoms with van der Waals surface area (Å²) >= 11 is 7.20. The van der Waals surface area contributed by atoms with Crippen molar-refractivity contribution >= 4 is 35.1 Å². The van der Waals surface area contributed by atoms with Crippen LogP contribution in [0, 0.1) is 11.3 Å². The van der Waals surface area contributed by atoms with Gasteiger partial charge in [-0.2, -0.15) is 5.26 Å². The van der Waals surface area contributed by atoms with E-state index in [4.69, 9.17) is 26.1 Å². The number of hydrogen-bond acceptors (Lipinski definition) is 7. The molecule has 0 aliphatic carbocycles. The molecule has 1 amide bonds. The highest BCUT2D eigenvalue weighted by Crippen LogP contribution is 2.40. The van der Waals surface area contributed by atoms with E-state index >= 15 is 0 Å². The molecule has 0 aliphatic rings. The second-order valence-electron chi connectivity index (χ2n) is 7.79. The number of carbonyl (C=O) groups is 1. The zero-order valence-corrected chi connectivity index (χ0v) is 21.8. The van der Waals surface area contributed by atoms with Gasteiger partial charge in [-0.05, 0) is 36.4 Å². The first-order valence-corrected chi connectivity index (χ1v) is 12.7. The number of rotatable bonds is 9. The van der Waals surface area contributed by atoms with Crippen LogP contribution >= 0.6 is 23.4 Å². The topological polar surface area (TPSA) is 97.1 Å². The van der Waals surface area contributed by atoms with Gasteiger partial charge in [0.2, 0.25) is 5.91 Å². The highest BCUT2D eigenvalue weighted by molar-refractivity contribution is 7.99. The Morgan fingerprint density at radius 1 is 1.05 bits per heavy atom. The molecule has 0 spiro atoms. The average molecular weight is 531 g/mol. The largest absolute Gasteiger partial charge is 0.497 e. The summed E-state index contributed by atoms with van der Waals surface area (Å²) < 4.78 is 11.0. The Balaban J connectivity index is 1.67. The lowest BCUT2D eigenvalue weighted by molar-refractivity contribution is -0.115. The van der Waals surface area contributed by atoms with E-state index < -0.39 is 0 Å². The quantitative estimate of drug-likeness (QED) is 0.247. The van der Waals surface area contributed by atoms with Gasteiger partial charge in [0.05, 0.1) is 30.5 Å². The second-order valence-corrected chi connectivity index (χ2v) is 9.31. The highest BCUT2D eigenvalue weighted by Gasteiger charge is 2.19. The van der Waals surface area contributed by atoms with Crippen molar-refractivity contribution in [1.29, 1.82) is 5.26 Å². The molecule has 0 unspecified atom stereocenters. The predicted molar refractivity (Wildman–Crippen MR) is 146 cm³/mol. The Bertz CT molecular complexity index is 1440. The van der Waals surface area contributed by atoms with Gasteiger partial charge in [-0.15, -0.1) is 11.8 Å². The number of halogens is 1. The molecule has 0 bridgehead atoms. The van der Waals surface area contributed by atoms with Crippen molar-refractivity contribution in [2.24, 2.45) is 0 Å². The SMILES string of the molecule is COc1ccc(OC)c(-c2cc(-c3ccccc3)nc(SCCC(=O)Nc3ccc(Cl)cn3)c2C#N)c1. The van der Waals surface area contributed by atoms with Gasteiger partial charge in [-0.25, -0.2) is 9.97 Å². The van der Waals surface area contributed by atoms with Crippen molar-refractivity contribution < 1.29 is 14.3 Å². The monoisotopic (exact) mass is 530 g/mol. The first kappa shape index (κ1) is 26.0. The lowest BCUT2D eigenvalue weighted by Gasteiger charge is -2.15. The summed E-state index contributed by atoms with van der Waals surface area (Å²) in [6, 6.07) is 22.7. The van der Waals surface area contributed by atoms with Gasteiger partial charge in [0.1, 0.15) is 28.4 Å². The van der Waals surface area contributed by atoms with Gasteiger partial charge in [0, 0.05) is 35.1 Å². The molecule has 4 rings (SSSR count). The summed E-state index contributed by atoms with van der Waals surface area (Å²) in [5.41, 5.74) is 3.40. The summed E-state index contributed by atoms with van der Waals surface area (Å²) in [5.74, 6) is 1.88. The molecule has 0 fully saturated rings. The summed E-state index contributed by atoms with van der Waals surface area (Å²) in [7, 11) is 3.17. The van der Waals surface area contributed by atoms with Gasteiger partial charge in [-0.1, -0.05) is 41.9 Å². The van der Waals surface area contributed by atoms with Gasteiger partial charge in [-0.3, -0.25) is 4.79 Å². The maximum Gasteiger partial charge on any atom is 0.226 e. The summed E-state index contributed by atoms with van der Waals surface area (Å²) in [5, 5.41) is 13.9. The van der Waals surface area contributed by atoms with Crippen LogP contribution in [0.3, 0.4) is 0 Å². The normalized spacial score (nSPS) is 10.4. The number of nitrogens with one attached hydrogen (secondary N) is 1. The molecule has 2 aromatic heterocycles. The number of hydrogen-bond donors (Lipinski definition) is 1. The van der Waals surface area contributed by atoms with Crippen molar-refractivity contribution in [3.8, 4) is 40.0 Å². The Labute approximate surface area is 224 Å². The van der Waals surface area contributed by atoms with Crippen LogP contribution < -0.4 is 14.8 Å². The molecular weight excluding hydrogens is 508 g/mol. The minimum absolute atomic E-state index is 0.199. The van der Waals surface area contributed by atoms with E-state index in [2.05, 4.69) is 16.4 Å². The van der Waals surface area contributed by atoms with Crippen LogP contribution in [0.1, 0.15) is 12.0 Å². The summed E-state index contributed by atoms with van der Waals surface area (Å²) in [4.78, 5) is 21.3. The fourth-order valence-electron chi connectivity index (χ4n) is 3.62. The Morgan fingerprint density at radius 2 is 1.86 bits per heavy atom. The van der Waals surface area contributed by atoms with Crippen LogP contribution in [-0.2, 0) is 4.79 Å². The number of nitrogens with zero attached hydrogens (tertiary/aromatic N) is 3. The molecule has 0 saturated carbocycles. The van der Waals surface area contributed by atoms with Crippen LogP contribution in [0.4, 0.5) is 5.82 Å². The first-order chi connectivity index (χ1) is 18.0. The predicted octanol–water partition coefficient (Wildman–Crippen LogP) is 6.47. The number of ether oxygens (including phenoxy) is 2. The number of nitriles is 1. The number of thioether (sulfide) groups is 1. The third kappa shape index (κ3) is 6.39. The van der Waals surface area contributed by atoms with Crippen molar-refractivity contribution in [3.05, 3.63) is 83.5 Å². The minimum atomic E-state index is -0.199. The van der Waals surface area contributed by atoms with E-state index in [0.717, 1.165) is 5.56 Å². The van der Waals surface area contributed by atoms with Gasteiger partial charge in [0.15, 0.2) is 0 Å². The van der Waals surface area contributed by atoms with Crippen molar-refractivity contribution in [3.63, 3.8) is 0 Å². The highest BCUT2D eigenvalue weighted by atomic mass is 35.5. The fraction of sp³-hybridized carbons (Fsp3) is 0.143. The van der Waals surface area contributed by atoms with Gasteiger partial charge in [0.25, 0.3) is 0 Å². The van der Waals surface area contributed by atoms with Crippen LogP contribution in [0.15, 0.2) is 78.0 Å². The molecule has 0 aliphatic heterocycles. The fourth-order valence-corrected chi connectivity index (χ4v) is 4.68. The molecule has 37 heavy (non-hydrogen) atoms. The molecule has 2 heterocycles. The summed E-state index contributed by atoms with van der Waals surface area (Å²) in [6.45, 7) is 0. The number of anilines is 1. The third-order valence-electron chi connectivity index (χ3n) is 5.43. The number of pyridine rings is 2. The zero-order valence-electron chi connectivity index (χ0n) is 20.2. The average Bonchev–Trinajstić information content (AvgIpc) is 2.94. The van der Waals surface area contributed by atoms with Crippen molar-refractivity contribution in [2.75, 3.05) is 25.3 Å².